The second-order valence-electron chi connectivity index (χ2n) is 4.07. The third-order valence-corrected chi connectivity index (χ3v) is 2.98. The van der Waals surface area contributed by atoms with Crippen LogP contribution in [0.2, 0.25) is 0 Å². The first-order valence-electron chi connectivity index (χ1n) is 5.56. The lowest BCUT2D eigenvalue weighted by Gasteiger charge is -2.26. The number of nitrogens with two attached hydrogens (primary N) is 1. The molecule has 0 amide bonds. The highest BCUT2D eigenvalue weighted by Crippen LogP contribution is 2.31. The van der Waals surface area contributed by atoms with Gasteiger partial charge in [-0.15, -0.1) is 0 Å². The van der Waals surface area contributed by atoms with Crippen molar-refractivity contribution in [1.29, 1.82) is 0 Å². The van der Waals surface area contributed by atoms with Gasteiger partial charge in [0.05, 0.1) is 0 Å². The molecule has 1 aliphatic carbocycles. The summed E-state index contributed by atoms with van der Waals surface area (Å²) in [6.07, 6.45) is 3.47. The minimum atomic E-state index is 0.357. The van der Waals surface area contributed by atoms with E-state index in [0.29, 0.717) is 18.3 Å². The molecule has 3 nitrogen and oxygen atoms in total. The molecule has 1 unspecified atom stereocenters. The maximum Gasteiger partial charge on any atom is 0.115 e. The zero-order chi connectivity index (χ0) is 10.7. The summed E-state index contributed by atoms with van der Waals surface area (Å²) in [4.78, 5) is 0. The van der Waals surface area contributed by atoms with Crippen LogP contribution in [0.4, 0.5) is 0 Å². The lowest BCUT2D eigenvalue weighted by Crippen LogP contribution is -2.29. The summed E-state index contributed by atoms with van der Waals surface area (Å²) in [7, 11) is 0. The molecule has 2 rings (SSSR count). The highest BCUT2D eigenvalue weighted by atomic mass is 16.3. The number of rotatable bonds is 3. The number of hydrogen-bond acceptors (Lipinski definition) is 3. The van der Waals surface area contributed by atoms with E-state index in [2.05, 4.69) is 5.32 Å². The summed E-state index contributed by atoms with van der Waals surface area (Å²) in [5.74, 6) is 0.357. The quantitative estimate of drug-likeness (QED) is 0.699. The number of phenolic OH excluding ortho intramolecular Hbond substituents is 1. The molecule has 0 radical (unpaired) electrons. The average Bonchev–Trinajstić information content (AvgIpc) is 2.26. The van der Waals surface area contributed by atoms with Gasteiger partial charge in [-0.1, -0.05) is 6.07 Å². The van der Waals surface area contributed by atoms with Crippen LogP contribution in [0, 0.1) is 0 Å². The second-order valence-corrected chi connectivity index (χ2v) is 4.07. The molecule has 0 saturated carbocycles. The molecule has 1 aromatic rings. The van der Waals surface area contributed by atoms with Crippen LogP contribution in [-0.2, 0) is 6.42 Å². The first-order chi connectivity index (χ1) is 7.31. The van der Waals surface area contributed by atoms with Gasteiger partial charge >= 0.3 is 0 Å². The first kappa shape index (κ1) is 10.5. The Balaban J connectivity index is 2.20. The number of fused-ring (bicyclic) bond motifs is 1. The number of benzene rings is 1. The zero-order valence-corrected chi connectivity index (χ0v) is 8.87. The lowest BCUT2D eigenvalue weighted by molar-refractivity contribution is 0.450. The van der Waals surface area contributed by atoms with E-state index >= 15 is 0 Å². The molecule has 1 atom stereocenters. The molecular weight excluding hydrogens is 188 g/mol. The maximum atomic E-state index is 9.48. The van der Waals surface area contributed by atoms with Crippen LogP contribution < -0.4 is 11.1 Å². The Morgan fingerprint density at radius 1 is 1.47 bits per heavy atom. The molecular formula is C12H18N2O. The fraction of sp³-hybridized carbons (Fsp3) is 0.500. The fourth-order valence-electron chi connectivity index (χ4n) is 2.26. The van der Waals surface area contributed by atoms with Gasteiger partial charge in [-0.3, -0.25) is 0 Å². The van der Waals surface area contributed by atoms with Gasteiger partial charge in [0, 0.05) is 19.1 Å². The number of aromatic hydroxyl groups is 1. The topological polar surface area (TPSA) is 58.3 Å². The zero-order valence-electron chi connectivity index (χ0n) is 8.87. The van der Waals surface area contributed by atoms with Crippen molar-refractivity contribution in [3.63, 3.8) is 0 Å². The van der Waals surface area contributed by atoms with Crippen LogP contribution >= 0.6 is 0 Å². The van der Waals surface area contributed by atoms with Crippen LogP contribution in [0.3, 0.4) is 0 Å². The molecule has 4 N–H and O–H groups in total. The van der Waals surface area contributed by atoms with Crippen molar-refractivity contribution >= 4 is 0 Å². The van der Waals surface area contributed by atoms with Crippen molar-refractivity contribution in [2.75, 3.05) is 13.1 Å². The summed E-state index contributed by atoms with van der Waals surface area (Å²) in [5, 5.41) is 12.9. The molecule has 1 aliphatic rings. The molecule has 82 valence electrons. The number of aryl methyl sites for hydroxylation is 1. The Kier molecular flexibility index (Phi) is 3.23. The molecule has 15 heavy (non-hydrogen) atoms. The number of nitrogens with one attached hydrogen (secondary N) is 1. The average molecular weight is 206 g/mol. The van der Waals surface area contributed by atoms with Crippen molar-refractivity contribution in [3.05, 3.63) is 29.3 Å². The van der Waals surface area contributed by atoms with Gasteiger partial charge in [-0.2, -0.15) is 0 Å². The van der Waals surface area contributed by atoms with E-state index in [1.807, 2.05) is 12.1 Å². The monoisotopic (exact) mass is 206 g/mol. The highest BCUT2D eigenvalue weighted by molar-refractivity contribution is 5.38. The lowest BCUT2D eigenvalue weighted by atomic mass is 9.87. The molecule has 0 heterocycles. The molecule has 0 aliphatic heterocycles. The van der Waals surface area contributed by atoms with Crippen LogP contribution in [0.1, 0.15) is 30.0 Å². The molecule has 0 aromatic heterocycles. The van der Waals surface area contributed by atoms with Crippen LogP contribution in [0.15, 0.2) is 18.2 Å². The number of phenols is 1. The van der Waals surface area contributed by atoms with Crippen LogP contribution in [-0.4, -0.2) is 18.2 Å². The first-order valence-corrected chi connectivity index (χ1v) is 5.56. The van der Waals surface area contributed by atoms with Gasteiger partial charge in [0.25, 0.3) is 0 Å². The van der Waals surface area contributed by atoms with Crippen molar-refractivity contribution in [2.45, 2.75) is 25.3 Å². The van der Waals surface area contributed by atoms with Crippen LogP contribution in [0.25, 0.3) is 0 Å². The summed E-state index contributed by atoms with van der Waals surface area (Å²) >= 11 is 0. The van der Waals surface area contributed by atoms with Gasteiger partial charge in [0.2, 0.25) is 0 Å². The van der Waals surface area contributed by atoms with E-state index in [4.69, 9.17) is 5.73 Å². The van der Waals surface area contributed by atoms with Crippen molar-refractivity contribution in [3.8, 4) is 5.75 Å². The third-order valence-electron chi connectivity index (χ3n) is 2.98. The Morgan fingerprint density at radius 3 is 3.13 bits per heavy atom. The van der Waals surface area contributed by atoms with E-state index in [1.165, 1.54) is 17.5 Å². The minimum absolute atomic E-state index is 0.357. The Labute approximate surface area is 90.3 Å². The summed E-state index contributed by atoms with van der Waals surface area (Å²) in [6.45, 7) is 1.49. The molecule has 3 heteroatoms. The normalized spacial score (nSPS) is 19.9. The van der Waals surface area contributed by atoms with Gasteiger partial charge in [0.1, 0.15) is 5.75 Å². The third kappa shape index (κ3) is 2.30. The Morgan fingerprint density at radius 2 is 2.33 bits per heavy atom. The second kappa shape index (κ2) is 4.64. The smallest absolute Gasteiger partial charge is 0.115 e. The van der Waals surface area contributed by atoms with E-state index in [-0.39, 0.29) is 0 Å². The largest absolute Gasteiger partial charge is 0.508 e. The summed E-state index contributed by atoms with van der Waals surface area (Å²) in [5.41, 5.74) is 8.08. The maximum absolute atomic E-state index is 9.48. The molecule has 1 aromatic carbocycles. The predicted molar refractivity (Wildman–Crippen MR) is 60.8 cm³/mol. The molecule has 0 saturated heterocycles. The molecule has 0 spiro atoms. The van der Waals surface area contributed by atoms with Crippen LogP contribution in [0.5, 0.6) is 5.75 Å². The highest BCUT2D eigenvalue weighted by Gasteiger charge is 2.19. The van der Waals surface area contributed by atoms with Crippen molar-refractivity contribution in [1.82, 2.24) is 5.32 Å². The van der Waals surface area contributed by atoms with E-state index in [9.17, 15) is 5.11 Å². The minimum Gasteiger partial charge on any atom is -0.508 e. The van der Waals surface area contributed by atoms with Crippen molar-refractivity contribution < 1.29 is 5.11 Å². The van der Waals surface area contributed by atoms with Gasteiger partial charge in [-0.25, -0.2) is 0 Å². The van der Waals surface area contributed by atoms with E-state index in [1.54, 1.807) is 6.07 Å². The predicted octanol–water partition coefficient (Wildman–Crippen LogP) is 1.32. The van der Waals surface area contributed by atoms with Crippen molar-refractivity contribution in [2.24, 2.45) is 5.73 Å². The summed E-state index contributed by atoms with van der Waals surface area (Å²) in [6, 6.07) is 6.04. The van der Waals surface area contributed by atoms with E-state index in [0.717, 1.165) is 19.4 Å². The SMILES string of the molecule is NCCNC1CCCc2ccc(O)cc21. The molecule has 0 fully saturated rings. The Hall–Kier alpha value is -1.06. The van der Waals surface area contributed by atoms with Gasteiger partial charge in [-0.05, 0) is 42.5 Å². The fourth-order valence-corrected chi connectivity index (χ4v) is 2.26. The number of hydrogen-bond donors (Lipinski definition) is 3. The summed E-state index contributed by atoms with van der Waals surface area (Å²) < 4.78 is 0. The molecule has 0 bridgehead atoms. The van der Waals surface area contributed by atoms with E-state index < -0.39 is 0 Å². The van der Waals surface area contributed by atoms with Gasteiger partial charge in [0.15, 0.2) is 0 Å². The van der Waals surface area contributed by atoms with Gasteiger partial charge < -0.3 is 16.2 Å². The Bertz CT molecular complexity index is 338. The standard InChI is InChI=1S/C12H18N2O/c13-6-7-14-12-3-1-2-9-4-5-10(15)8-11(9)12/h4-5,8,12,14-15H,1-3,6-7,13H2.